The molecular formula is C11H22NO. The monoisotopic (exact) mass is 184 g/mol. The Kier molecular flexibility index (Phi) is 5.40. The maximum Gasteiger partial charge on any atom is 0.107 e. The van der Waals surface area contributed by atoms with Crippen LogP contribution in [0.4, 0.5) is 0 Å². The predicted molar refractivity (Wildman–Crippen MR) is 55.2 cm³/mol. The molecular weight excluding hydrogens is 162 g/mol. The number of unbranched alkanes of at least 4 members (excludes halogenated alkanes) is 3. The highest BCUT2D eigenvalue weighted by Crippen LogP contribution is 2.21. The summed E-state index contributed by atoms with van der Waals surface area (Å²) < 4.78 is 0. The van der Waals surface area contributed by atoms with E-state index in [0.717, 1.165) is 13.0 Å². The van der Waals surface area contributed by atoms with Gasteiger partial charge in [-0.25, -0.2) is 0 Å². The van der Waals surface area contributed by atoms with Crippen molar-refractivity contribution in [3.8, 4) is 0 Å². The quantitative estimate of drug-likeness (QED) is 0.641. The molecule has 0 saturated carbocycles. The topological polar surface area (TPSA) is 32.3 Å². The molecule has 2 nitrogen and oxygen atoms in total. The number of hydrogen-bond acceptors (Lipinski definition) is 2. The van der Waals surface area contributed by atoms with Crippen molar-refractivity contribution >= 4 is 0 Å². The van der Waals surface area contributed by atoms with E-state index in [1.807, 2.05) is 0 Å². The van der Waals surface area contributed by atoms with Gasteiger partial charge in [-0.1, -0.05) is 32.6 Å². The van der Waals surface area contributed by atoms with Gasteiger partial charge in [-0.3, -0.25) is 5.32 Å². The van der Waals surface area contributed by atoms with Crippen LogP contribution in [-0.2, 0) is 0 Å². The minimum absolute atomic E-state index is 0.242. The number of piperidine rings is 1. The van der Waals surface area contributed by atoms with E-state index in [2.05, 4.69) is 12.2 Å². The van der Waals surface area contributed by atoms with Crippen LogP contribution in [0.2, 0.25) is 0 Å². The number of aliphatic hydroxyl groups excluding tert-OH is 1. The molecule has 0 aliphatic carbocycles. The van der Waals surface area contributed by atoms with Crippen molar-refractivity contribution < 1.29 is 5.11 Å². The molecule has 13 heavy (non-hydrogen) atoms. The van der Waals surface area contributed by atoms with E-state index >= 15 is 0 Å². The summed E-state index contributed by atoms with van der Waals surface area (Å²) in [7, 11) is 0. The van der Waals surface area contributed by atoms with E-state index in [9.17, 15) is 5.11 Å². The second kappa shape index (κ2) is 6.39. The normalized spacial score (nSPS) is 29.1. The molecule has 1 heterocycles. The van der Waals surface area contributed by atoms with Crippen LogP contribution in [0, 0.1) is 12.8 Å². The number of hydrogen-bond donors (Lipinski definition) is 2. The van der Waals surface area contributed by atoms with Gasteiger partial charge in [0.25, 0.3) is 0 Å². The zero-order valence-electron chi connectivity index (χ0n) is 8.47. The Morgan fingerprint density at radius 1 is 1.31 bits per heavy atom. The lowest BCUT2D eigenvalue weighted by Crippen LogP contribution is -2.40. The van der Waals surface area contributed by atoms with E-state index in [0.29, 0.717) is 5.92 Å². The zero-order valence-corrected chi connectivity index (χ0v) is 8.47. The molecule has 2 unspecified atom stereocenters. The van der Waals surface area contributed by atoms with Crippen LogP contribution in [-0.4, -0.2) is 17.9 Å². The smallest absolute Gasteiger partial charge is 0.107 e. The van der Waals surface area contributed by atoms with Crippen molar-refractivity contribution in [2.24, 2.45) is 5.92 Å². The van der Waals surface area contributed by atoms with Crippen molar-refractivity contribution in [2.45, 2.75) is 51.2 Å². The van der Waals surface area contributed by atoms with Gasteiger partial charge in [-0.2, -0.15) is 0 Å². The summed E-state index contributed by atoms with van der Waals surface area (Å²) in [4.78, 5) is 0. The number of rotatable bonds is 5. The first-order valence-electron chi connectivity index (χ1n) is 5.55. The lowest BCUT2D eigenvalue weighted by Gasteiger charge is -2.28. The van der Waals surface area contributed by atoms with Crippen molar-refractivity contribution in [2.75, 3.05) is 6.54 Å². The summed E-state index contributed by atoms with van der Waals surface area (Å²) in [5.74, 6) is 0.499. The SMILES string of the molecule is [CH2]CCCCCC1CCCNC1O. The third-order valence-electron chi connectivity index (χ3n) is 2.88. The van der Waals surface area contributed by atoms with E-state index in [1.54, 1.807) is 0 Å². The fourth-order valence-electron chi connectivity index (χ4n) is 2.00. The van der Waals surface area contributed by atoms with E-state index in [1.165, 1.54) is 38.5 Å². The highest BCUT2D eigenvalue weighted by atomic mass is 16.3. The first-order chi connectivity index (χ1) is 6.34. The second-order valence-electron chi connectivity index (χ2n) is 4.00. The van der Waals surface area contributed by atoms with Gasteiger partial charge in [0.05, 0.1) is 0 Å². The van der Waals surface area contributed by atoms with E-state index < -0.39 is 0 Å². The molecule has 0 aromatic rings. The van der Waals surface area contributed by atoms with Gasteiger partial charge in [0, 0.05) is 0 Å². The van der Waals surface area contributed by atoms with Gasteiger partial charge in [-0.15, -0.1) is 0 Å². The van der Waals surface area contributed by atoms with Crippen LogP contribution in [0.1, 0.15) is 44.9 Å². The molecule has 0 aromatic carbocycles. The van der Waals surface area contributed by atoms with Gasteiger partial charge in [-0.05, 0) is 31.7 Å². The molecule has 0 bridgehead atoms. The Morgan fingerprint density at radius 2 is 2.15 bits per heavy atom. The van der Waals surface area contributed by atoms with Gasteiger partial charge >= 0.3 is 0 Å². The predicted octanol–water partition coefficient (Wildman–Crippen LogP) is 2.09. The summed E-state index contributed by atoms with van der Waals surface area (Å²) in [5, 5.41) is 12.7. The second-order valence-corrected chi connectivity index (χ2v) is 4.00. The molecule has 0 amide bonds. The highest BCUT2D eigenvalue weighted by Gasteiger charge is 2.21. The first kappa shape index (κ1) is 11.0. The standard InChI is InChI=1S/C11H22NO/c1-2-3-4-5-7-10-8-6-9-12-11(10)13/h10-13H,1-9H2. The Morgan fingerprint density at radius 3 is 2.85 bits per heavy atom. The van der Waals surface area contributed by atoms with Crippen LogP contribution in [0.25, 0.3) is 0 Å². The Hall–Kier alpha value is -0.0800. The average Bonchev–Trinajstić information content (AvgIpc) is 2.15. The van der Waals surface area contributed by atoms with Gasteiger partial charge in [0.15, 0.2) is 0 Å². The molecule has 0 spiro atoms. The van der Waals surface area contributed by atoms with Crippen LogP contribution in [0.15, 0.2) is 0 Å². The molecule has 2 atom stereocenters. The summed E-state index contributed by atoms with van der Waals surface area (Å²) in [6.45, 7) is 4.81. The van der Waals surface area contributed by atoms with Gasteiger partial charge in [0.1, 0.15) is 6.23 Å². The van der Waals surface area contributed by atoms with Crippen molar-refractivity contribution in [3.05, 3.63) is 6.92 Å². The van der Waals surface area contributed by atoms with Crippen LogP contribution in [0.3, 0.4) is 0 Å². The largest absolute Gasteiger partial charge is 0.378 e. The van der Waals surface area contributed by atoms with Gasteiger partial charge < -0.3 is 5.11 Å². The van der Waals surface area contributed by atoms with Crippen LogP contribution < -0.4 is 5.32 Å². The summed E-state index contributed by atoms with van der Waals surface area (Å²) in [5.41, 5.74) is 0. The molecule has 1 aliphatic rings. The third-order valence-corrected chi connectivity index (χ3v) is 2.88. The first-order valence-corrected chi connectivity index (χ1v) is 5.55. The van der Waals surface area contributed by atoms with Crippen LogP contribution in [0.5, 0.6) is 0 Å². The van der Waals surface area contributed by atoms with E-state index in [4.69, 9.17) is 0 Å². The Labute approximate surface area is 81.7 Å². The van der Waals surface area contributed by atoms with E-state index in [-0.39, 0.29) is 6.23 Å². The molecule has 1 rings (SSSR count). The van der Waals surface area contributed by atoms with Crippen LogP contribution >= 0.6 is 0 Å². The van der Waals surface area contributed by atoms with Crippen molar-refractivity contribution in [3.63, 3.8) is 0 Å². The summed E-state index contributed by atoms with van der Waals surface area (Å²) in [6, 6.07) is 0. The molecule has 1 saturated heterocycles. The minimum atomic E-state index is -0.242. The molecule has 77 valence electrons. The lowest BCUT2D eigenvalue weighted by atomic mass is 9.92. The Bertz CT molecular complexity index is 127. The van der Waals surface area contributed by atoms with Gasteiger partial charge in [0.2, 0.25) is 0 Å². The summed E-state index contributed by atoms with van der Waals surface area (Å²) in [6.07, 6.45) is 8.14. The number of nitrogens with one attached hydrogen (secondary N) is 1. The molecule has 0 aromatic heterocycles. The molecule has 2 N–H and O–H groups in total. The number of aliphatic hydroxyl groups is 1. The maximum atomic E-state index is 9.60. The average molecular weight is 184 g/mol. The molecule has 1 aliphatic heterocycles. The fraction of sp³-hybridized carbons (Fsp3) is 0.909. The molecule has 2 heteroatoms. The fourth-order valence-corrected chi connectivity index (χ4v) is 2.00. The summed E-state index contributed by atoms with van der Waals surface area (Å²) >= 11 is 0. The highest BCUT2D eigenvalue weighted by molar-refractivity contribution is 4.72. The lowest BCUT2D eigenvalue weighted by molar-refractivity contribution is 0.0443. The maximum absolute atomic E-state index is 9.60. The molecule has 1 radical (unpaired) electrons. The Balaban J connectivity index is 2.05. The zero-order chi connectivity index (χ0) is 9.52. The minimum Gasteiger partial charge on any atom is -0.378 e. The third kappa shape index (κ3) is 4.10. The molecule has 1 fully saturated rings. The van der Waals surface area contributed by atoms with Crippen molar-refractivity contribution in [1.29, 1.82) is 0 Å². The van der Waals surface area contributed by atoms with Crippen molar-refractivity contribution in [1.82, 2.24) is 5.32 Å².